The van der Waals surface area contributed by atoms with Crippen molar-refractivity contribution in [2.75, 3.05) is 0 Å². The second-order valence-electron chi connectivity index (χ2n) is 8.44. The number of amides is 1. The molecule has 180 valence electrons. The quantitative estimate of drug-likeness (QED) is 0.384. The predicted octanol–water partition coefficient (Wildman–Crippen LogP) is 5.70. The maximum atomic E-state index is 12.5. The fraction of sp³-hybridized carbons (Fsp3) is 0.172. The van der Waals surface area contributed by atoms with Gasteiger partial charge in [0.1, 0.15) is 6.04 Å². The van der Waals surface area contributed by atoms with Gasteiger partial charge in [0, 0.05) is 0 Å². The average molecular weight is 496 g/mol. The molecule has 1 aliphatic carbocycles. The molecule has 0 spiro atoms. The van der Waals surface area contributed by atoms with Crippen LogP contribution in [0, 0.1) is 11.3 Å². The fourth-order valence-corrected chi connectivity index (χ4v) is 4.87. The van der Waals surface area contributed by atoms with Gasteiger partial charge >= 0.3 is 10.5 Å². The van der Waals surface area contributed by atoms with Gasteiger partial charge in [-0.2, -0.15) is 18.0 Å². The van der Waals surface area contributed by atoms with Crippen molar-refractivity contribution in [1.82, 2.24) is 5.32 Å². The summed E-state index contributed by atoms with van der Waals surface area (Å²) < 4.78 is 25.7. The lowest BCUT2D eigenvalue weighted by atomic mass is 10.0. The molecule has 0 fully saturated rings. The Morgan fingerprint density at radius 3 is 2.11 bits per heavy atom. The van der Waals surface area contributed by atoms with Crippen LogP contribution < -0.4 is 5.32 Å². The molecule has 2 unspecified atom stereocenters. The van der Waals surface area contributed by atoms with Crippen molar-refractivity contribution in [1.29, 1.82) is 5.26 Å². The third-order valence-electron chi connectivity index (χ3n) is 6.16. The highest BCUT2D eigenvalue weighted by Crippen LogP contribution is 2.33. The van der Waals surface area contributed by atoms with Crippen molar-refractivity contribution in [2.24, 2.45) is 4.36 Å². The van der Waals surface area contributed by atoms with Crippen LogP contribution in [0.3, 0.4) is 0 Å². The number of benzene rings is 4. The highest BCUT2D eigenvalue weighted by molar-refractivity contribution is 7.61. The van der Waals surface area contributed by atoms with Crippen LogP contribution in [0.4, 0.5) is 0 Å². The van der Waals surface area contributed by atoms with Crippen molar-refractivity contribution in [3.05, 3.63) is 119 Å². The van der Waals surface area contributed by atoms with E-state index in [1.54, 1.807) is 30.3 Å². The number of fused-ring (bicyclic) bond motifs is 2. The predicted molar refractivity (Wildman–Crippen MR) is 139 cm³/mol. The monoisotopic (exact) mass is 495 g/mol. The Labute approximate surface area is 211 Å². The number of nitriles is 1. The smallest absolute Gasteiger partial charge is 0.311 e. The second kappa shape index (κ2) is 11.9. The molecule has 0 aliphatic heterocycles. The van der Waals surface area contributed by atoms with E-state index in [-0.39, 0.29) is 18.4 Å². The molecule has 0 heterocycles. The summed E-state index contributed by atoms with van der Waals surface area (Å²) in [6, 6.07) is 32.3. The molecule has 0 bridgehead atoms. The SMILES string of the molecule is N#Cc1cccc2c1CCC2NC(=O)CC(N=S(=O)=O)c1ccccc1.c1ccc2ccccc2c1. The Balaban J connectivity index is 0.000000251. The molecule has 1 aliphatic rings. The third-order valence-corrected chi connectivity index (χ3v) is 6.59. The molecule has 0 aromatic heterocycles. The zero-order valence-corrected chi connectivity index (χ0v) is 20.4. The zero-order chi connectivity index (χ0) is 25.3. The van der Waals surface area contributed by atoms with Crippen LogP contribution in [0.1, 0.15) is 47.2 Å². The van der Waals surface area contributed by atoms with Crippen LogP contribution in [0.15, 0.2) is 101 Å². The Morgan fingerprint density at radius 2 is 1.53 bits per heavy atom. The van der Waals surface area contributed by atoms with Crippen LogP contribution >= 0.6 is 0 Å². The Kier molecular flexibility index (Phi) is 8.22. The minimum absolute atomic E-state index is 0.0538. The summed E-state index contributed by atoms with van der Waals surface area (Å²) in [5.41, 5.74) is 3.24. The molecule has 4 aromatic rings. The molecule has 36 heavy (non-hydrogen) atoms. The summed E-state index contributed by atoms with van der Waals surface area (Å²) in [5.74, 6) is -0.270. The summed E-state index contributed by atoms with van der Waals surface area (Å²) in [4.78, 5) is 12.5. The van der Waals surface area contributed by atoms with E-state index in [1.165, 1.54) is 10.8 Å². The van der Waals surface area contributed by atoms with E-state index in [0.29, 0.717) is 11.1 Å². The van der Waals surface area contributed by atoms with Gasteiger partial charge in [-0.15, -0.1) is 0 Å². The molecular formula is C29H25N3O3S. The third kappa shape index (κ3) is 6.23. The minimum atomic E-state index is -2.60. The fourth-order valence-electron chi connectivity index (χ4n) is 4.47. The van der Waals surface area contributed by atoms with Gasteiger partial charge in [0.25, 0.3) is 0 Å². The lowest BCUT2D eigenvalue weighted by molar-refractivity contribution is -0.122. The van der Waals surface area contributed by atoms with Gasteiger partial charge in [-0.1, -0.05) is 91.0 Å². The van der Waals surface area contributed by atoms with E-state index >= 15 is 0 Å². The first-order valence-corrected chi connectivity index (χ1v) is 12.7. The maximum Gasteiger partial charge on any atom is 0.311 e. The van der Waals surface area contributed by atoms with Gasteiger partial charge < -0.3 is 5.32 Å². The van der Waals surface area contributed by atoms with E-state index in [9.17, 15) is 18.5 Å². The lowest BCUT2D eigenvalue weighted by Gasteiger charge is -2.16. The Hall–Kier alpha value is -4.28. The van der Waals surface area contributed by atoms with Crippen molar-refractivity contribution in [3.8, 4) is 6.07 Å². The largest absolute Gasteiger partial charge is 0.349 e. The number of carbonyl (C=O) groups excluding carboxylic acids is 1. The Morgan fingerprint density at radius 1 is 0.917 bits per heavy atom. The van der Waals surface area contributed by atoms with E-state index in [0.717, 1.165) is 24.0 Å². The molecule has 0 radical (unpaired) electrons. The number of carbonyl (C=O) groups is 1. The first-order chi connectivity index (χ1) is 17.5. The van der Waals surface area contributed by atoms with Crippen molar-refractivity contribution >= 4 is 27.2 Å². The summed E-state index contributed by atoms with van der Waals surface area (Å²) in [6.07, 6.45) is 1.41. The minimum Gasteiger partial charge on any atom is -0.349 e. The highest BCUT2D eigenvalue weighted by Gasteiger charge is 2.27. The van der Waals surface area contributed by atoms with Gasteiger partial charge in [0.15, 0.2) is 0 Å². The number of hydrogen-bond donors (Lipinski definition) is 1. The number of nitrogens with zero attached hydrogens (tertiary/aromatic N) is 2. The van der Waals surface area contributed by atoms with Crippen LogP contribution in [0.25, 0.3) is 10.8 Å². The van der Waals surface area contributed by atoms with Gasteiger partial charge in [-0.25, -0.2) is 0 Å². The average Bonchev–Trinajstić information content (AvgIpc) is 3.31. The summed E-state index contributed by atoms with van der Waals surface area (Å²) in [5, 5.41) is 14.8. The molecular weight excluding hydrogens is 470 g/mol. The van der Waals surface area contributed by atoms with E-state index < -0.39 is 16.5 Å². The summed E-state index contributed by atoms with van der Waals surface area (Å²) in [7, 11) is -2.60. The number of rotatable bonds is 5. The summed E-state index contributed by atoms with van der Waals surface area (Å²) >= 11 is 0. The molecule has 5 rings (SSSR count). The standard InChI is InChI=1S/C19H17N3O3S.C10H8/c20-12-14-7-4-8-16-15(14)9-10-17(16)21-19(23)11-18(22-26(24)25)13-5-2-1-3-6-13;1-2-6-10-8-4-3-7-9(10)5-1/h1-8,17-18H,9-11H2,(H,21,23);1-8H. The molecule has 4 aromatic carbocycles. The van der Waals surface area contributed by atoms with Crippen molar-refractivity contribution in [3.63, 3.8) is 0 Å². The molecule has 1 amide bonds. The zero-order valence-electron chi connectivity index (χ0n) is 19.5. The van der Waals surface area contributed by atoms with Gasteiger partial charge in [0.2, 0.25) is 5.91 Å². The van der Waals surface area contributed by atoms with Crippen LogP contribution in [0.2, 0.25) is 0 Å². The first kappa shape index (κ1) is 24.8. The van der Waals surface area contributed by atoms with E-state index in [4.69, 9.17) is 0 Å². The molecule has 0 saturated carbocycles. The first-order valence-electron chi connectivity index (χ1n) is 11.7. The normalized spacial score (nSPS) is 14.5. The van der Waals surface area contributed by atoms with Crippen LogP contribution in [-0.2, 0) is 21.7 Å². The topological polar surface area (TPSA) is 99.4 Å². The van der Waals surface area contributed by atoms with Gasteiger partial charge in [0.05, 0.1) is 24.1 Å². The molecule has 2 atom stereocenters. The number of nitrogens with one attached hydrogen (secondary N) is 1. The van der Waals surface area contributed by atoms with Gasteiger partial charge in [-0.05, 0) is 46.4 Å². The molecule has 6 nitrogen and oxygen atoms in total. The highest BCUT2D eigenvalue weighted by atomic mass is 32.2. The van der Waals surface area contributed by atoms with Crippen molar-refractivity contribution < 1.29 is 13.2 Å². The van der Waals surface area contributed by atoms with E-state index in [2.05, 4.69) is 64.3 Å². The maximum absolute atomic E-state index is 12.5. The Bertz CT molecular complexity index is 1470. The number of hydrogen-bond acceptors (Lipinski definition) is 5. The van der Waals surface area contributed by atoms with Gasteiger partial charge in [-0.3, -0.25) is 4.79 Å². The van der Waals surface area contributed by atoms with E-state index in [1.807, 2.05) is 18.2 Å². The lowest BCUT2D eigenvalue weighted by Crippen LogP contribution is -2.28. The van der Waals surface area contributed by atoms with Crippen LogP contribution in [0.5, 0.6) is 0 Å². The molecule has 1 N–H and O–H groups in total. The second-order valence-corrected chi connectivity index (χ2v) is 9.09. The van der Waals surface area contributed by atoms with Crippen LogP contribution in [-0.4, -0.2) is 14.3 Å². The van der Waals surface area contributed by atoms with Crippen molar-refractivity contribution in [2.45, 2.75) is 31.3 Å². The molecule has 7 heteroatoms. The molecule has 0 saturated heterocycles. The summed E-state index contributed by atoms with van der Waals surface area (Å²) in [6.45, 7) is 0.